The smallest absolute Gasteiger partial charge is 0.407 e. The Morgan fingerprint density at radius 3 is 1.60 bits per heavy atom. The number of unbranched alkanes of at least 4 members (excludes halogenated alkanes) is 5. The SMILES string of the molecule is CCCCOCC1O[C@@H](OC)C(NC(=O)OCC(Cl)(Cl)Cl)[C@@H](OCCCC)[C@@H]1O[C@@H]1OC(COCCCC)[C@H](OCCCC)[C@H](OCCCC)C1OC(C)=O. The molecular formula is C38H68Cl3NO13. The molecule has 10 atom stereocenters. The fourth-order valence-electron chi connectivity index (χ4n) is 6.05. The Balaban J connectivity index is 2.65. The molecule has 4 unspecified atom stereocenters. The molecule has 55 heavy (non-hydrogen) atoms. The predicted molar refractivity (Wildman–Crippen MR) is 209 cm³/mol. The lowest BCUT2D eigenvalue weighted by atomic mass is 9.94. The van der Waals surface area contributed by atoms with E-state index in [9.17, 15) is 9.59 Å². The van der Waals surface area contributed by atoms with E-state index in [2.05, 4.69) is 33.0 Å². The highest BCUT2D eigenvalue weighted by atomic mass is 35.6. The predicted octanol–water partition coefficient (Wildman–Crippen LogP) is 7.05. The molecule has 0 aromatic carbocycles. The molecule has 2 aliphatic heterocycles. The fraction of sp³-hybridized carbons (Fsp3) is 0.947. The van der Waals surface area contributed by atoms with Gasteiger partial charge in [-0.1, -0.05) is 102 Å². The van der Waals surface area contributed by atoms with Crippen LogP contribution in [0.15, 0.2) is 0 Å². The van der Waals surface area contributed by atoms with Gasteiger partial charge < -0.3 is 57.4 Å². The minimum absolute atomic E-state index is 0.0935. The van der Waals surface area contributed by atoms with Gasteiger partial charge in [0.2, 0.25) is 3.79 Å². The summed E-state index contributed by atoms with van der Waals surface area (Å²) in [4.78, 5) is 25.9. The van der Waals surface area contributed by atoms with Gasteiger partial charge in [0.25, 0.3) is 0 Å². The van der Waals surface area contributed by atoms with Gasteiger partial charge in [0.1, 0.15) is 49.3 Å². The Morgan fingerprint density at radius 1 is 0.636 bits per heavy atom. The second-order valence-electron chi connectivity index (χ2n) is 13.8. The second-order valence-corrected chi connectivity index (χ2v) is 16.3. The first kappa shape index (κ1) is 50.4. The van der Waals surface area contributed by atoms with E-state index in [4.69, 9.17) is 86.9 Å². The van der Waals surface area contributed by atoms with E-state index in [1.165, 1.54) is 14.0 Å². The Hall–Kier alpha value is -0.750. The van der Waals surface area contributed by atoms with E-state index in [-0.39, 0.29) is 13.2 Å². The maximum Gasteiger partial charge on any atom is 0.407 e. The van der Waals surface area contributed by atoms with Gasteiger partial charge in [-0.25, -0.2) is 4.79 Å². The maximum atomic E-state index is 13.1. The summed E-state index contributed by atoms with van der Waals surface area (Å²) in [5.41, 5.74) is 0. The number of ether oxygens (including phenoxy) is 11. The second kappa shape index (κ2) is 28.6. The van der Waals surface area contributed by atoms with Crippen molar-refractivity contribution in [3.8, 4) is 0 Å². The van der Waals surface area contributed by atoms with Crippen LogP contribution in [0.4, 0.5) is 4.79 Å². The summed E-state index contributed by atoms with van der Waals surface area (Å²) in [6.45, 7) is 13.6. The van der Waals surface area contributed by atoms with Gasteiger partial charge in [-0.15, -0.1) is 0 Å². The van der Waals surface area contributed by atoms with Crippen LogP contribution in [0.1, 0.15) is 106 Å². The summed E-state index contributed by atoms with van der Waals surface area (Å²) >= 11 is 17.6. The highest BCUT2D eigenvalue weighted by Crippen LogP contribution is 2.35. The zero-order valence-corrected chi connectivity index (χ0v) is 36.2. The molecule has 2 saturated heterocycles. The van der Waals surface area contributed by atoms with Gasteiger partial charge in [0.15, 0.2) is 18.7 Å². The van der Waals surface area contributed by atoms with Gasteiger partial charge >= 0.3 is 12.1 Å². The van der Waals surface area contributed by atoms with Crippen LogP contribution in [-0.2, 0) is 56.9 Å². The normalized spacial score (nSPS) is 28.5. The molecular weight excluding hydrogens is 785 g/mol. The number of amides is 1. The van der Waals surface area contributed by atoms with Gasteiger partial charge in [-0.05, 0) is 32.1 Å². The number of halogens is 3. The zero-order valence-electron chi connectivity index (χ0n) is 33.9. The topological polar surface area (TPSA) is 148 Å². The van der Waals surface area contributed by atoms with Crippen LogP contribution in [0, 0.1) is 0 Å². The van der Waals surface area contributed by atoms with Crippen LogP contribution in [0.2, 0.25) is 0 Å². The standard InChI is InChI=1S/C38H68Cl3NO13/c1-8-13-18-46-23-27-30(48-20-15-10-3)33(50-22-17-12-5)34(52-26(6)43)36(54-27)55-31-28(24-47-19-14-9-2)53-35(45-7)29(32(31)49-21-16-11-4)42-37(44)51-25-38(39,40)41/h27-36H,8-25H2,1-7H3,(H,42,44)/t27?,28?,29?,30-,31+,32+,33-,34?,35+,36-/m0/s1. The largest absolute Gasteiger partial charge is 0.454 e. The van der Waals surface area contributed by atoms with Crippen LogP contribution < -0.4 is 5.32 Å². The Labute approximate surface area is 343 Å². The lowest BCUT2D eigenvalue weighted by Crippen LogP contribution is -2.69. The summed E-state index contributed by atoms with van der Waals surface area (Å²) in [6, 6.07) is -0.979. The van der Waals surface area contributed by atoms with Crippen molar-refractivity contribution < 1.29 is 61.7 Å². The Bertz CT molecular complexity index is 1030. The fourth-order valence-corrected chi connectivity index (χ4v) is 6.21. The molecule has 1 amide bonds. The van der Waals surface area contributed by atoms with Gasteiger partial charge in [-0.3, -0.25) is 4.79 Å². The van der Waals surface area contributed by atoms with Gasteiger partial charge in [-0.2, -0.15) is 0 Å². The van der Waals surface area contributed by atoms with Crippen LogP contribution >= 0.6 is 34.8 Å². The number of methoxy groups -OCH3 is 1. The van der Waals surface area contributed by atoms with Crippen molar-refractivity contribution >= 4 is 46.9 Å². The Morgan fingerprint density at radius 2 is 1.11 bits per heavy atom. The number of hydrogen-bond acceptors (Lipinski definition) is 13. The van der Waals surface area contributed by atoms with Crippen molar-refractivity contribution in [2.45, 2.75) is 171 Å². The first-order valence-corrected chi connectivity index (χ1v) is 21.2. The summed E-state index contributed by atoms with van der Waals surface area (Å²) in [7, 11) is 1.45. The number of alkyl carbamates (subject to hydrolysis) is 1. The number of rotatable bonds is 28. The molecule has 0 aromatic heterocycles. The molecule has 0 saturated carbocycles. The van der Waals surface area contributed by atoms with E-state index in [0.717, 1.165) is 57.8 Å². The number of hydrogen-bond donors (Lipinski definition) is 1. The number of carbonyl (C=O) groups excluding carboxylic acids is 2. The third-order valence-corrected chi connectivity index (χ3v) is 9.32. The van der Waals surface area contributed by atoms with Crippen molar-refractivity contribution in [3.63, 3.8) is 0 Å². The molecule has 0 aromatic rings. The van der Waals surface area contributed by atoms with E-state index in [0.29, 0.717) is 39.5 Å². The quantitative estimate of drug-likeness (QED) is 0.0488. The first-order valence-electron chi connectivity index (χ1n) is 20.1. The van der Waals surface area contributed by atoms with Crippen LogP contribution in [-0.4, -0.2) is 137 Å². The first-order chi connectivity index (χ1) is 26.4. The maximum absolute atomic E-state index is 13.1. The monoisotopic (exact) mass is 851 g/mol. The van der Waals surface area contributed by atoms with Gasteiger partial charge in [0.05, 0.1) is 13.2 Å². The average Bonchev–Trinajstić information content (AvgIpc) is 3.14. The molecule has 0 spiro atoms. The third kappa shape index (κ3) is 18.8. The molecule has 1 N–H and O–H groups in total. The zero-order chi connectivity index (χ0) is 40.6. The minimum atomic E-state index is -1.83. The molecule has 0 radical (unpaired) electrons. The number of alkyl halides is 3. The lowest BCUT2D eigenvalue weighted by molar-refractivity contribution is -0.357. The van der Waals surface area contributed by atoms with Crippen LogP contribution in [0.5, 0.6) is 0 Å². The van der Waals surface area contributed by atoms with E-state index >= 15 is 0 Å². The molecule has 0 bridgehead atoms. The molecule has 2 aliphatic rings. The van der Waals surface area contributed by atoms with Crippen LogP contribution in [0.25, 0.3) is 0 Å². The van der Waals surface area contributed by atoms with E-state index < -0.39 is 83.8 Å². The van der Waals surface area contributed by atoms with Crippen molar-refractivity contribution in [1.29, 1.82) is 0 Å². The van der Waals surface area contributed by atoms with Crippen molar-refractivity contribution in [2.75, 3.05) is 60.0 Å². The van der Waals surface area contributed by atoms with E-state index in [1.807, 2.05) is 6.92 Å². The summed E-state index contributed by atoms with van der Waals surface area (Å²) < 4.78 is 66.9. The molecule has 324 valence electrons. The minimum Gasteiger partial charge on any atom is -0.454 e. The van der Waals surface area contributed by atoms with Gasteiger partial charge in [0, 0.05) is 47.1 Å². The van der Waals surface area contributed by atoms with E-state index in [1.54, 1.807) is 0 Å². The average molecular weight is 853 g/mol. The number of nitrogens with one attached hydrogen (secondary N) is 1. The molecule has 2 heterocycles. The summed E-state index contributed by atoms with van der Waals surface area (Å²) in [5.74, 6) is -0.554. The lowest BCUT2D eigenvalue weighted by Gasteiger charge is -2.50. The highest BCUT2D eigenvalue weighted by molar-refractivity contribution is 6.67. The summed E-state index contributed by atoms with van der Waals surface area (Å²) in [6.07, 6.45) is -0.383. The highest BCUT2D eigenvalue weighted by Gasteiger charge is 2.55. The third-order valence-electron chi connectivity index (χ3n) is 8.99. The molecule has 0 aliphatic carbocycles. The molecule has 2 fully saturated rings. The van der Waals surface area contributed by atoms with Crippen molar-refractivity contribution in [3.05, 3.63) is 0 Å². The molecule has 14 nitrogen and oxygen atoms in total. The van der Waals surface area contributed by atoms with Crippen LogP contribution in [0.3, 0.4) is 0 Å². The summed E-state index contributed by atoms with van der Waals surface area (Å²) in [5, 5.41) is 2.78. The van der Waals surface area contributed by atoms with Crippen molar-refractivity contribution in [2.24, 2.45) is 0 Å². The molecule has 17 heteroatoms. The molecule has 2 rings (SSSR count). The van der Waals surface area contributed by atoms with Crippen molar-refractivity contribution in [1.82, 2.24) is 5.32 Å². The Kier molecular flexibility index (Phi) is 26.2. The number of esters is 1. The number of carbonyl (C=O) groups is 2.